The summed E-state index contributed by atoms with van der Waals surface area (Å²) in [5.41, 5.74) is 7.57. The summed E-state index contributed by atoms with van der Waals surface area (Å²) in [5.74, 6) is 2.07. The molecule has 18 heavy (non-hydrogen) atoms. The zero-order valence-corrected chi connectivity index (χ0v) is 10.8. The van der Waals surface area contributed by atoms with Crippen molar-refractivity contribution in [3.8, 4) is 0 Å². The molecule has 3 heteroatoms. The fraction of sp³-hybridized carbons (Fsp3) is 0.533. The number of anilines is 1. The first kappa shape index (κ1) is 11.6. The van der Waals surface area contributed by atoms with Crippen LogP contribution in [0, 0.1) is 17.8 Å². The molecule has 2 saturated carbocycles. The predicted molar refractivity (Wildman–Crippen MR) is 71.6 cm³/mol. The Morgan fingerprint density at radius 2 is 1.89 bits per heavy atom. The molecule has 0 aromatic heterocycles. The van der Waals surface area contributed by atoms with E-state index < -0.39 is 0 Å². The van der Waals surface area contributed by atoms with Crippen molar-refractivity contribution in [3.63, 3.8) is 0 Å². The first-order valence-corrected chi connectivity index (χ1v) is 6.76. The molecule has 3 rings (SSSR count). The van der Waals surface area contributed by atoms with Crippen molar-refractivity contribution < 1.29 is 4.79 Å². The lowest BCUT2D eigenvalue weighted by atomic mass is 10.1. The highest BCUT2D eigenvalue weighted by Gasteiger charge is 2.57. The molecule has 3 nitrogen and oxygen atoms in total. The monoisotopic (exact) mass is 244 g/mol. The maximum atomic E-state index is 12.3. The highest BCUT2D eigenvalue weighted by Crippen LogP contribution is 2.58. The van der Waals surface area contributed by atoms with Gasteiger partial charge in [0.25, 0.3) is 0 Å². The molecule has 0 radical (unpaired) electrons. The number of fused-ring (bicyclic) bond motifs is 1. The topological polar surface area (TPSA) is 46.3 Å². The molecule has 0 saturated heterocycles. The second-order valence-electron chi connectivity index (χ2n) is 5.72. The molecule has 0 bridgehead atoms. The van der Waals surface area contributed by atoms with Crippen LogP contribution in [0.5, 0.6) is 0 Å². The Kier molecular flexibility index (Phi) is 2.77. The molecule has 2 atom stereocenters. The minimum Gasteiger partial charge on any atom is -0.399 e. The molecular formula is C15H20N2O. The number of benzene rings is 1. The Morgan fingerprint density at radius 3 is 2.50 bits per heavy atom. The SMILES string of the molecule is CN(Cc1ccc(N)cc1)C(=O)C1C2CCCC21. The summed E-state index contributed by atoms with van der Waals surface area (Å²) in [6.07, 6.45) is 3.84. The van der Waals surface area contributed by atoms with Crippen molar-refractivity contribution in [1.29, 1.82) is 0 Å². The first-order chi connectivity index (χ1) is 8.66. The van der Waals surface area contributed by atoms with Gasteiger partial charge in [0, 0.05) is 25.2 Å². The Balaban J connectivity index is 1.59. The lowest BCUT2D eigenvalue weighted by molar-refractivity contribution is -0.132. The summed E-state index contributed by atoms with van der Waals surface area (Å²) in [4.78, 5) is 14.2. The summed E-state index contributed by atoms with van der Waals surface area (Å²) in [6, 6.07) is 7.76. The summed E-state index contributed by atoms with van der Waals surface area (Å²) in [7, 11) is 1.91. The fourth-order valence-corrected chi connectivity index (χ4v) is 3.42. The van der Waals surface area contributed by atoms with Gasteiger partial charge < -0.3 is 10.6 Å². The molecule has 0 aliphatic heterocycles. The van der Waals surface area contributed by atoms with Gasteiger partial charge in [0.05, 0.1) is 0 Å². The minimum absolute atomic E-state index is 0.331. The molecule has 2 aliphatic carbocycles. The second kappa shape index (κ2) is 4.30. The van der Waals surface area contributed by atoms with E-state index in [0.717, 1.165) is 11.3 Å². The van der Waals surface area contributed by atoms with E-state index in [1.165, 1.54) is 19.3 Å². The highest BCUT2D eigenvalue weighted by atomic mass is 16.2. The van der Waals surface area contributed by atoms with Crippen LogP contribution in [0.25, 0.3) is 0 Å². The summed E-state index contributed by atoms with van der Waals surface area (Å²) >= 11 is 0. The summed E-state index contributed by atoms with van der Waals surface area (Å²) in [6.45, 7) is 0.690. The van der Waals surface area contributed by atoms with Crippen LogP contribution in [0.15, 0.2) is 24.3 Å². The van der Waals surface area contributed by atoms with E-state index in [0.29, 0.717) is 30.2 Å². The van der Waals surface area contributed by atoms with Crippen LogP contribution in [0.1, 0.15) is 24.8 Å². The molecule has 1 aromatic carbocycles. The number of nitrogens with zero attached hydrogens (tertiary/aromatic N) is 1. The van der Waals surface area contributed by atoms with Gasteiger partial charge in [-0.1, -0.05) is 18.6 Å². The van der Waals surface area contributed by atoms with Gasteiger partial charge in [0.15, 0.2) is 0 Å². The van der Waals surface area contributed by atoms with Gasteiger partial charge in [-0.15, -0.1) is 0 Å². The molecule has 1 aromatic rings. The molecule has 1 amide bonds. The average Bonchev–Trinajstić information content (AvgIpc) is 2.83. The van der Waals surface area contributed by atoms with E-state index in [4.69, 9.17) is 5.73 Å². The third-order valence-electron chi connectivity index (χ3n) is 4.47. The Bertz CT molecular complexity index is 444. The van der Waals surface area contributed by atoms with Crippen molar-refractivity contribution in [3.05, 3.63) is 29.8 Å². The molecule has 2 fully saturated rings. The van der Waals surface area contributed by atoms with Gasteiger partial charge in [-0.25, -0.2) is 0 Å². The van der Waals surface area contributed by atoms with E-state index >= 15 is 0 Å². The number of amides is 1. The lowest BCUT2D eigenvalue weighted by Crippen LogP contribution is -2.29. The average molecular weight is 244 g/mol. The number of hydrogen-bond acceptors (Lipinski definition) is 2. The molecule has 2 N–H and O–H groups in total. The largest absolute Gasteiger partial charge is 0.399 e. The van der Waals surface area contributed by atoms with Crippen molar-refractivity contribution in [2.24, 2.45) is 17.8 Å². The quantitative estimate of drug-likeness (QED) is 0.829. The number of nitrogen functional groups attached to an aromatic ring is 1. The number of nitrogens with two attached hydrogens (primary N) is 1. The Morgan fingerprint density at radius 1 is 1.28 bits per heavy atom. The van der Waals surface area contributed by atoms with E-state index in [9.17, 15) is 4.79 Å². The zero-order chi connectivity index (χ0) is 12.7. The molecule has 2 aliphatic rings. The van der Waals surface area contributed by atoms with Crippen LogP contribution in [-0.4, -0.2) is 17.9 Å². The third kappa shape index (κ3) is 1.98. The normalized spacial score (nSPS) is 28.8. The van der Waals surface area contributed by atoms with Crippen molar-refractivity contribution in [1.82, 2.24) is 4.90 Å². The molecule has 2 unspecified atom stereocenters. The van der Waals surface area contributed by atoms with Crippen molar-refractivity contribution in [2.45, 2.75) is 25.8 Å². The standard InChI is InChI=1S/C15H20N2O/c1-17(9-10-5-7-11(16)8-6-10)15(18)14-12-3-2-4-13(12)14/h5-8,12-14H,2-4,9,16H2,1H3. The van der Waals surface area contributed by atoms with Crippen LogP contribution in [0.3, 0.4) is 0 Å². The van der Waals surface area contributed by atoms with E-state index in [-0.39, 0.29) is 0 Å². The van der Waals surface area contributed by atoms with Crippen LogP contribution in [-0.2, 0) is 11.3 Å². The Labute approximate surface area is 108 Å². The van der Waals surface area contributed by atoms with Crippen LogP contribution in [0.4, 0.5) is 5.69 Å². The van der Waals surface area contributed by atoms with E-state index in [1.807, 2.05) is 36.2 Å². The lowest BCUT2D eigenvalue weighted by Gasteiger charge is -2.18. The van der Waals surface area contributed by atoms with E-state index in [1.54, 1.807) is 0 Å². The van der Waals surface area contributed by atoms with Gasteiger partial charge in [-0.05, 0) is 42.4 Å². The predicted octanol–water partition coefficient (Wildman–Crippen LogP) is 2.27. The molecule has 0 heterocycles. The van der Waals surface area contributed by atoms with Crippen molar-refractivity contribution in [2.75, 3.05) is 12.8 Å². The van der Waals surface area contributed by atoms with Gasteiger partial charge in [0.2, 0.25) is 5.91 Å². The molecule has 96 valence electrons. The third-order valence-corrected chi connectivity index (χ3v) is 4.47. The summed E-state index contributed by atoms with van der Waals surface area (Å²) < 4.78 is 0. The minimum atomic E-state index is 0.331. The molecule has 0 spiro atoms. The van der Waals surface area contributed by atoms with Crippen LogP contribution >= 0.6 is 0 Å². The van der Waals surface area contributed by atoms with Gasteiger partial charge in [-0.3, -0.25) is 4.79 Å². The maximum Gasteiger partial charge on any atom is 0.226 e. The number of carbonyl (C=O) groups excluding carboxylic acids is 1. The molecular weight excluding hydrogens is 224 g/mol. The summed E-state index contributed by atoms with van der Waals surface area (Å²) in [5, 5.41) is 0. The number of carbonyl (C=O) groups is 1. The van der Waals surface area contributed by atoms with Crippen molar-refractivity contribution >= 4 is 11.6 Å². The second-order valence-corrected chi connectivity index (χ2v) is 5.72. The number of rotatable bonds is 3. The Hall–Kier alpha value is -1.51. The first-order valence-electron chi connectivity index (χ1n) is 6.76. The fourth-order valence-electron chi connectivity index (χ4n) is 3.42. The number of hydrogen-bond donors (Lipinski definition) is 1. The highest BCUT2D eigenvalue weighted by molar-refractivity contribution is 5.82. The zero-order valence-electron chi connectivity index (χ0n) is 10.8. The maximum absolute atomic E-state index is 12.3. The van der Waals surface area contributed by atoms with Gasteiger partial charge >= 0.3 is 0 Å². The van der Waals surface area contributed by atoms with E-state index in [2.05, 4.69) is 0 Å². The van der Waals surface area contributed by atoms with Crippen LogP contribution < -0.4 is 5.73 Å². The van der Waals surface area contributed by atoms with Gasteiger partial charge in [-0.2, -0.15) is 0 Å². The van der Waals surface area contributed by atoms with Crippen LogP contribution in [0.2, 0.25) is 0 Å². The smallest absolute Gasteiger partial charge is 0.226 e. The van der Waals surface area contributed by atoms with Gasteiger partial charge in [0.1, 0.15) is 0 Å².